The average molecular weight is 484 g/mol. The number of nitrogens with one attached hydrogen (secondary N) is 2. The molecule has 0 aliphatic carbocycles. The molecule has 1 heterocycles. The van der Waals surface area contributed by atoms with Crippen LogP contribution in [0, 0.1) is 11.7 Å². The highest BCUT2D eigenvalue weighted by Gasteiger charge is 2.12. The SMILES string of the molecule is CCOc1cc(CNn2c(C)n[nH]c2=S)c(Br)cc1OCc1ccccc1Cl. The first-order valence-electron chi connectivity index (χ1n) is 8.69. The monoisotopic (exact) mass is 482 g/mol. The van der Waals surface area contributed by atoms with Crippen LogP contribution in [-0.2, 0) is 13.2 Å². The summed E-state index contributed by atoms with van der Waals surface area (Å²) in [5.41, 5.74) is 5.16. The van der Waals surface area contributed by atoms with Gasteiger partial charge in [-0.05, 0) is 49.8 Å². The first-order valence-corrected chi connectivity index (χ1v) is 10.3. The van der Waals surface area contributed by atoms with Gasteiger partial charge in [-0.3, -0.25) is 5.10 Å². The predicted octanol–water partition coefficient (Wildman–Crippen LogP) is 5.39. The largest absolute Gasteiger partial charge is 0.490 e. The molecule has 1 aromatic heterocycles. The lowest BCUT2D eigenvalue weighted by molar-refractivity contribution is 0.269. The van der Waals surface area contributed by atoms with Crippen molar-refractivity contribution in [3.8, 4) is 11.5 Å². The van der Waals surface area contributed by atoms with Crippen molar-refractivity contribution in [3.05, 3.63) is 67.6 Å². The van der Waals surface area contributed by atoms with Gasteiger partial charge < -0.3 is 14.9 Å². The number of hydrogen-bond donors (Lipinski definition) is 2. The van der Waals surface area contributed by atoms with E-state index >= 15 is 0 Å². The van der Waals surface area contributed by atoms with Crippen LogP contribution in [0.25, 0.3) is 0 Å². The minimum Gasteiger partial charge on any atom is -0.490 e. The van der Waals surface area contributed by atoms with E-state index in [-0.39, 0.29) is 0 Å². The number of halogens is 2. The summed E-state index contributed by atoms with van der Waals surface area (Å²) in [6, 6.07) is 11.5. The van der Waals surface area contributed by atoms with Crippen LogP contribution in [0.2, 0.25) is 5.02 Å². The summed E-state index contributed by atoms with van der Waals surface area (Å²) >= 11 is 15.0. The van der Waals surface area contributed by atoms with Crippen molar-refractivity contribution in [3.63, 3.8) is 0 Å². The van der Waals surface area contributed by atoms with Crippen molar-refractivity contribution < 1.29 is 9.47 Å². The summed E-state index contributed by atoms with van der Waals surface area (Å²) < 4.78 is 14.9. The van der Waals surface area contributed by atoms with Gasteiger partial charge in [0.2, 0.25) is 4.77 Å². The summed E-state index contributed by atoms with van der Waals surface area (Å²) in [4.78, 5) is 0. The molecule has 3 rings (SSSR count). The molecule has 0 saturated heterocycles. The second-order valence-electron chi connectivity index (χ2n) is 5.95. The van der Waals surface area contributed by atoms with Crippen LogP contribution in [0.15, 0.2) is 40.9 Å². The maximum Gasteiger partial charge on any atom is 0.214 e. The molecule has 0 aliphatic rings. The highest BCUT2D eigenvalue weighted by molar-refractivity contribution is 9.10. The summed E-state index contributed by atoms with van der Waals surface area (Å²) in [6.45, 7) is 5.22. The summed E-state index contributed by atoms with van der Waals surface area (Å²) in [6.07, 6.45) is 0. The van der Waals surface area contributed by atoms with E-state index in [2.05, 4.69) is 31.6 Å². The maximum atomic E-state index is 6.22. The van der Waals surface area contributed by atoms with Gasteiger partial charge in [-0.25, -0.2) is 4.68 Å². The third-order valence-corrected chi connectivity index (χ3v) is 5.40. The minimum absolute atomic E-state index is 0.354. The molecule has 2 aromatic carbocycles. The molecule has 2 N–H and O–H groups in total. The number of aryl methyl sites for hydroxylation is 1. The Bertz CT molecular complexity index is 1020. The van der Waals surface area contributed by atoms with E-state index in [1.54, 1.807) is 4.68 Å². The predicted molar refractivity (Wildman–Crippen MR) is 116 cm³/mol. The van der Waals surface area contributed by atoms with Gasteiger partial charge in [-0.1, -0.05) is 45.7 Å². The molecule has 148 valence electrons. The van der Waals surface area contributed by atoms with Crippen LogP contribution >= 0.6 is 39.7 Å². The molecule has 0 atom stereocenters. The summed E-state index contributed by atoms with van der Waals surface area (Å²) in [7, 11) is 0. The molecule has 0 bridgehead atoms. The first kappa shape index (κ1) is 20.7. The Kier molecular flexibility index (Phi) is 6.98. The van der Waals surface area contributed by atoms with Crippen molar-refractivity contribution in [1.82, 2.24) is 14.9 Å². The number of hydrogen-bond acceptors (Lipinski definition) is 5. The van der Waals surface area contributed by atoms with Crippen molar-refractivity contribution in [2.45, 2.75) is 27.0 Å². The molecule has 0 unspecified atom stereocenters. The number of nitrogens with zero attached hydrogens (tertiary/aromatic N) is 2. The number of H-pyrrole nitrogens is 1. The highest BCUT2D eigenvalue weighted by atomic mass is 79.9. The molecule has 0 amide bonds. The molecule has 9 heteroatoms. The van der Waals surface area contributed by atoms with E-state index in [0.717, 1.165) is 21.4 Å². The van der Waals surface area contributed by atoms with E-state index in [1.807, 2.05) is 50.2 Å². The maximum absolute atomic E-state index is 6.22. The normalized spacial score (nSPS) is 10.7. The van der Waals surface area contributed by atoms with Crippen LogP contribution in [0.5, 0.6) is 11.5 Å². The average Bonchev–Trinajstić information content (AvgIpc) is 2.99. The zero-order valence-corrected chi connectivity index (χ0v) is 18.6. The fourth-order valence-corrected chi connectivity index (χ4v) is 3.49. The van der Waals surface area contributed by atoms with Crippen LogP contribution in [0.4, 0.5) is 0 Å². The van der Waals surface area contributed by atoms with Crippen LogP contribution in [-0.4, -0.2) is 21.5 Å². The number of aromatic nitrogens is 3. The van der Waals surface area contributed by atoms with E-state index < -0.39 is 0 Å². The van der Waals surface area contributed by atoms with Crippen molar-refractivity contribution in [1.29, 1.82) is 0 Å². The van der Waals surface area contributed by atoms with Crippen molar-refractivity contribution in [2.75, 3.05) is 12.0 Å². The van der Waals surface area contributed by atoms with Crippen molar-refractivity contribution in [2.24, 2.45) is 0 Å². The van der Waals surface area contributed by atoms with Gasteiger partial charge in [0.25, 0.3) is 0 Å². The van der Waals surface area contributed by atoms with E-state index in [1.165, 1.54) is 0 Å². The fourth-order valence-electron chi connectivity index (χ4n) is 2.59. The van der Waals surface area contributed by atoms with E-state index in [0.29, 0.717) is 41.1 Å². The first-order chi connectivity index (χ1) is 13.5. The van der Waals surface area contributed by atoms with Crippen LogP contribution in [0.1, 0.15) is 23.9 Å². The quantitative estimate of drug-likeness (QED) is 0.421. The van der Waals surface area contributed by atoms with E-state index in [9.17, 15) is 0 Å². The second kappa shape index (κ2) is 9.45. The number of ether oxygens (including phenoxy) is 2. The lowest BCUT2D eigenvalue weighted by atomic mass is 10.2. The molecule has 0 radical (unpaired) electrons. The molecule has 0 spiro atoms. The van der Waals surface area contributed by atoms with Crippen LogP contribution in [0.3, 0.4) is 0 Å². The lowest BCUT2D eigenvalue weighted by Gasteiger charge is -2.16. The van der Waals surface area contributed by atoms with Gasteiger partial charge in [0.1, 0.15) is 12.4 Å². The second-order valence-corrected chi connectivity index (χ2v) is 7.60. The van der Waals surface area contributed by atoms with Gasteiger partial charge in [-0.15, -0.1) is 0 Å². The zero-order chi connectivity index (χ0) is 20.1. The molecular formula is C19H20BrClN4O2S. The Morgan fingerprint density at radius 2 is 1.96 bits per heavy atom. The number of benzene rings is 2. The Labute approximate surface area is 181 Å². The molecule has 0 aliphatic heterocycles. The molecule has 0 saturated carbocycles. The summed E-state index contributed by atoms with van der Waals surface area (Å²) in [5.74, 6) is 2.07. The van der Waals surface area contributed by atoms with Crippen molar-refractivity contribution >= 4 is 39.7 Å². The van der Waals surface area contributed by atoms with Gasteiger partial charge in [-0.2, -0.15) is 5.10 Å². The minimum atomic E-state index is 0.354. The van der Waals surface area contributed by atoms with Gasteiger partial charge in [0.15, 0.2) is 11.5 Å². The third-order valence-electron chi connectivity index (χ3n) is 4.02. The fraction of sp³-hybridized carbons (Fsp3) is 0.263. The Hall–Kier alpha value is -2.03. The zero-order valence-electron chi connectivity index (χ0n) is 15.5. The van der Waals surface area contributed by atoms with Gasteiger partial charge in [0, 0.05) is 15.1 Å². The highest BCUT2D eigenvalue weighted by Crippen LogP contribution is 2.35. The Balaban J connectivity index is 1.79. The molecule has 28 heavy (non-hydrogen) atoms. The van der Waals surface area contributed by atoms with Gasteiger partial charge in [0.05, 0.1) is 13.2 Å². The van der Waals surface area contributed by atoms with E-state index in [4.69, 9.17) is 33.3 Å². The molecule has 6 nitrogen and oxygen atoms in total. The smallest absolute Gasteiger partial charge is 0.214 e. The number of rotatable bonds is 8. The third kappa shape index (κ3) is 4.87. The Morgan fingerprint density at radius 1 is 1.21 bits per heavy atom. The standard InChI is InChI=1S/C19H20BrClN4O2S/c1-3-26-17-8-14(10-22-25-12(2)23-24-19(25)28)15(20)9-18(17)27-11-13-6-4-5-7-16(13)21/h4-9,22H,3,10-11H2,1-2H3,(H,24,28). The van der Waals surface area contributed by atoms with Gasteiger partial charge >= 0.3 is 0 Å². The van der Waals surface area contributed by atoms with Crippen LogP contribution < -0.4 is 14.9 Å². The lowest BCUT2D eigenvalue weighted by Crippen LogP contribution is -2.16. The Morgan fingerprint density at radius 3 is 2.64 bits per heavy atom. The molecule has 3 aromatic rings. The summed E-state index contributed by atoms with van der Waals surface area (Å²) in [5, 5.41) is 7.51. The molecule has 0 fully saturated rings. The topological polar surface area (TPSA) is 64.1 Å². The number of aromatic amines is 1. The molecular weight excluding hydrogens is 464 g/mol.